The molecule has 4 rings (SSSR count). The van der Waals surface area contributed by atoms with E-state index in [9.17, 15) is 0 Å². The van der Waals surface area contributed by atoms with E-state index in [-0.39, 0.29) is 0 Å². The zero-order valence-electron chi connectivity index (χ0n) is 13.3. The first kappa shape index (κ1) is 14.4. The van der Waals surface area contributed by atoms with Crippen molar-refractivity contribution in [2.24, 2.45) is 0 Å². The van der Waals surface area contributed by atoms with Crippen LogP contribution in [0.1, 0.15) is 17.5 Å². The van der Waals surface area contributed by atoms with Crippen LogP contribution in [0.15, 0.2) is 66.1 Å². The van der Waals surface area contributed by atoms with Crippen LogP contribution in [-0.2, 0) is 13.1 Å². The number of aromatic nitrogens is 1. The first-order chi connectivity index (χ1) is 11.4. The number of pyridine rings is 1. The SMILES string of the molecule is c1ccc(CN2CC3=C(CN(Cc4cccnc4)CC3)N2)cc1. The van der Waals surface area contributed by atoms with Gasteiger partial charge in [0.1, 0.15) is 0 Å². The van der Waals surface area contributed by atoms with Crippen molar-refractivity contribution in [3.05, 3.63) is 77.3 Å². The smallest absolute Gasteiger partial charge is 0.0433 e. The van der Waals surface area contributed by atoms with Crippen molar-refractivity contribution in [2.45, 2.75) is 19.5 Å². The molecule has 1 aromatic carbocycles. The van der Waals surface area contributed by atoms with Gasteiger partial charge in [-0.1, -0.05) is 36.4 Å². The van der Waals surface area contributed by atoms with Crippen LogP contribution < -0.4 is 5.43 Å². The summed E-state index contributed by atoms with van der Waals surface area (Å²) < 4.78 is 0. The summed E-state index contributed by atoms with van der Waals surface area (Å²) in [6, 6.07) is 14.8. The van der Waals surface area contributed by atoms with E-state index < -0.39 is 0 Å². The number of nitrogens with one attached hydrogen (secondary N) is 1. The quantitative estimate of drug-likeness (QED) is 0.941. The molecule has 2 aliphatic rings. The molecule has 0 radical (unpaired) electrons. The Morgan fingerprint density at radius 3 is 2.65 bits per heavy atom. The normalized spacial score (nSPS) is 18.8. The Bertz CT molecular complexity index is 681. The fourth-order valence-corrected chi connectivity index (χ4v) is 3.39. The Kier molecular flexibility index (Phi) is 4.09. The van der Waals surface area contributed by atoms with Crippen LogP contribution >= 0.6 is 0 Å². The predicted molar refractivity (Wildman–Crippen MR) is 91.1 cm³/mol. The van der Waals surface area contributed by atoms with E-state index >= 15 is 0 Å². The molecule has 3 heterocycles. The molecule has 2 aromatic rings. The maximum absolute atomic E-state index is 4.21. The lowest BCUT2D eigenvalue weighted by Gasteiger charge is -2.27. The number of hydrogen-bond donors (Lipinski definition) is 1. The van der Waals surface area contributed by atoms with Crippen molar-refractivity contribution in [2.75, 3.05) is 19.6 Å². The molecule has 0 amide bonds. The molecule has 0 spiro atoms. The molecule has 0 saturated heterocycles. The largest absolute Gasteiger partial charge is 0.321 e. The van der Waals surface area contributed by atoms with Crippen LogP contribution in [0.2, 0.25) is 0 Å². The van der Waals surface area contributed by atoms with Gasteiger partial charge in [0.15, 0.2) is 0 Å². The zero-order valence-corrected chi connectivity index (χ0v) is 13.3. The van der Waals surface area contributed by atoms with Crippen LogP contribution in [0, 0.1) is 0 Å². The highest BCUT2D eigenvalue weighted by atomic mass is 15.5. The highest BCUT2D eigenvalue weighted by Gasteiger charge is 2.26. The maximum Gasteiger partial charge on any atom is 0.0433 e. The van der Waals surface area contributed by atoms with Crippen molar-refractivity contribution >= 4 is 0 Å². The maximum atomic E-state index is 4.21. The molecule has 0 unspecified atom stereocenters. The van der Waals surface area contributed by atoms with Gasteiger partial charge < -0.3 is 5.43 Å². The molecular weight excluding hydrogens is 284 g/mol. The third-order valence-electron chi connectivity index (χ3n) is 4.56. The molecular formula is C19H22N4. The minimum absolute atomic E-state index is 0.955. The lowest BCUT2D eigenvalue weighted by molar-refractivity contribution is 0.234. The molecule has 4 heteroatoms. The van der Waals surface area contributed by atoms with E-state index in [0.29, 0.717) is 0 Å². The van der Waals surface area contributed by atoms with E-state index in [1.807, 2.05) is 18.5 Å². The van der Waals surface area contributed by atoms with Gasteiger partial charge in [-0.15, -0.1) is 0 Å². The second-order valence-corrected chi connectivity index (χ2v) is 6.36. The lowest BCUT2D eigenvalue weighted by Crippen LogP contribution is -2.36. The van der Waals surface area contributed by atoms with Gasteiger partial charge in [-0.05, 0) is 29.2 Å². The number of nitrogens with zero attached hydrogens (tertiary/aromatic N) is 3. The number of rotatable bonds is 4. The second-order valence-electron chi connectivity index (χ2n) is 6.36. The highest BCUT2D eigenvalue weighted by Crippen LogP contribution is 2.24. The van der Waals surface area contributed by atoms with Crippen LogP contribution in [-0.4, -0.2) is 34.5 Å². The van der Waals surface area contributed by atoms with Crippen LogP contribution in [0.4, 0.5) is 0 Å². The molecule has 1 aromatic heterocycles. The van der Waals surface area contributed by atoms with E-state index in [2.05, 4.69) is 56.7 Å². The highest BCUT2D eigenvalue weighted by molar-refractivity contribution is 5.24. The Morgan fingerprint density at radius 1 is 0.957 bits per heavy atom. The average molecular weight is 306 g/mol. The monoisotopic (exact) mass is 306 g/mol. The summed E-state index contributed by atoms with van der Waals surface area (Å²) in [5, 5.41) is 2.33. The summed E-state index contributed by atoms with van der Waals surface area (Å²) in [6.45, 7) is 5.12. The van der Waals surface area contributed by atoms with E-state index in [1.54, 1.807) is 5.57 Å². The van der Waals surface area contributed by atoms with Crippen molar-refractivity contribution in [3.63, 3.8) is 0 Å². The van der Waals surface area contributed by atoms with E-state index in [1.165, 1.54) is 16.8 Å². The van der Waals surface area contributed by atoms with Crippen LogP contribution in [0.5, 0.6) is 0 Å². The average Bonchev–Trinajstić information content (AvgIpc) is 2.98. The van der Waals surface area contributed by atoms with Crippen molar-refractivity contribution in [3.8, 4) is 0 Å². The zero-order chi connectivity index (χ0) is 15.5. The van der Waals surface area contributed by atoms with Crippen LogP contribution in [0.3, 0.4) is 0 Å². The summed E-state index contributed by atoms with van der Waals surface area (Å²) in [4.78, 5) is 6.71. The first-order valence-corrected chi connectivity index (χ1v) is 8.24. The first-order valence-electron chi connectivity index (χ1n) is 8.24. The summed E-state index contributed by atoms with van der Waals surface area (Å²) in [6.07, 6.45) is 4.96. The second kappa shape index (κ2) is 6.52. The molecule has 23 heavy (non-hydrogen) atoms. The van der Waals surface area contributed by atoms with Gasteiger partial charge in [0, 0.05) is 50.8 Å². The Labute approximate surface area is 137 Å². The fraction of sp³-hybridized carbons (Fsp3) is 0.316. The van der Waals surface area contributed by atoms with Gasteiger partial charge in [0.2, 0.25) is 0 Å². The Hall–Kier alpha value is -2.17. The third-order valence-corrected chi connectivity index (χ3v) is 4.56. The van der Waals surface area contributed by atoms with Gasteiger partial charge in [0.05, 0.1) is 0 Å². The van der Waals surface area contributed by atoms with Crippen molar-refractivity contribution in [1.82, 2.24) is 20.3 Å². The molecule has 118 valence electrons. The summed E-state index contributed by atoms with van der Waals surface area (Å²) >= 11 is 0. The molecule has 0 fully saturated rings. The van der Waals surface area contributed by atoms with Gasteiger partial charge in [-0.25, -0.2) is 5.01 Å². The minimum atomic E-state index is 0.955. The van der Waals surface area contributed by atoms with Gasteiger partial charge >= 0.3 is 0 Å². The topological polar surface area (TPSA) is 31.4 Å². The van der Waals surface area contributed by atoms with Gasteiger partial charge in [0.25, 0.3) is 0 Å². The minimum Gasteiger partial charge on any atom is -0.321 e. The molecule has 1 N–H and O–H groups in total. The number of hydrogen-bond acceptors (Lipinski definition) is 4. The van der Waals surface area contributed by atoms with E-state index in [0.717, 1.165) is 39.1 Å². The van der Waals surface area contributed by atoms with E-state index in [4.69, 9.17) is 0 Å². The van der Waals surface area contributed by atoms with Crippen molar-refractivity contribution < 1.29 is 0 Å². The Morgan fingerprint density at radius 2 is 1.83 bits per heavy atom. The Balaban J connectivity index is 1.35. The summed E-state index contributed by atoms with van der Waals surface area (Å²) in [7, 11) is 0. The fourth-order valence-electron chi connectivity index (χ4n) is 3.39. The number of hydrazine groups is 1. The molecule has 0 atom stereocenters. The van der Waals surface area contributed by atoms with Crippen molar-refractivity contribution in [1.29, 1.82) is 0 Å². The van der Waals surface area contributed by atoms with Gasteiger partial charge in [-0.2, -0.15) is 0 Å². The van der Waals surface area contributed by atoms with Crippen LogP contribution in [0.25, 0.3) is 0 Å². The molecule has 2 aliphatic heterocycles. The predicted octanol–water partition coefficient (Wildman–Crippen LogP) is 2.56. The molecule has 4 nitrogen and oxygen atoms in total. The van der Waals surface area contributed by atoms with Gasteiger partial charge in [-0.3, -0.25) is 9.88 Å². The molecule has 0 bridgehead atoms. The molecule has 0 saturated carbocycles. The third kappa shape index (κ3) is 3.44. The summed E-state index contributed by atoms with van der Waals surface area (Å²) in [5.41, 5.74) is 9.23. The summed E-state index contributed by atoms with van der Waals surface area (Å²) in [5.74, 6) is 0. The standard InChI is InChI=1S/C19H22N4/c1-2-5-16(6-3-1)13-23-14-18-8-10-22(15-19(18)21-23)12-17-7-4-9-20-11-17/h1-7,9,11,21H,8,10,12-15H2. The number of benzene rings is 1. The molecule has 0 aliphatic carbocycles. The lowest BCUT2D eigenvalue weighted by atomic mass is 10.1.